The van der Waals surface area contributed by atoms with E-state index in [1.54, 1.807) is 6.07 Å². The van der Waals surface area contributed by atoms with Gasteiger partial charge >= 0.3 is 15.6 Å². The molecule has 1 atom stereocenters. The van der Waals surface area contributed by atoms with E-state index in [1.807, 2.05) is 0 Å². The van der Waals surface area contributed by atoms with Crippen LogP contribution in [-0.4, -0.2) is 27.1 Å². The van der Waals surface area contributed by atoms with Crippen LogP contribution in [0.25, 0.3) is 0 Å². The Kier molecular flexibility index (Phi) is 3.88. The van der Waals surface area contributed by atoms with E-state index in [0.29, 0.717) is 25.2 Å². The van der Waals surface area contributed by atoms with E-state index in [1.165, 1.54) is 6.07 Å². The summed E-state index contributed by atoms with van der Waals surface area (Å²) in [5.74, 6) is -0.225. The first-order chi connectivity index (χ1) is 10.2. The van der Waals surface area contributed by atoms with Gasteiger partial charge in [0.25, 0.3) is 0 Å². The first-order valence-electron chi connectivity index (χ1n) is 6.57. The van der Waals surface area contributed by atoms with Gasteiger partial charge in [0, 0.05) is 21.2 Å². The van der Waals surface area contributed by atoms with Gasteiger partial charge in [0.1, 0.15) is 5.75 Å². The monoisotopic (exact) mass is 448 g/mol. The van der Waals surface area contributed by atoms with Crippen LogP contribution >= 0.6 is 22.6 Å². The largest absolute Gasteiger partial charge is 0.534 e. The first-order valence-corrected chi connectivity index (χ1v) is 9.05. The van der Waals surface area contributed by atoms with Gasteiger partial charge in [0.15, 0.2) is 0 Å². The second-order valence-corrected chi connectivity index (χ2v) is 8.17. The molecule has 22 heavy (non-hydrogen) atoms. The van der Waals surface area contributed by atoms with E-state index in [9.17, 15) is 21.6 Å². The summed E-state index contributed by atoms with van der Waals surface area (Å²) in [7, 11) is -5.65. The third-order valence-electron chi connectivity index (χ3n) is 4.19. The summed E-state index contributed by atoms with van der Waals surface area (Å²) in [5.41, 5.74) is -4.24. The van der Waals surface area contributed by atoms with Crippen molar-refractivity contribution >= 4 is 32.7 Å². The Labute approximate surface area is 139 Å². The number of hydrogen-bond donors (Lipinski definition) is 0. The molecular weight excluding hydrogens is 436 g/mol. The first kappa shape index (κ1) is 16.3. The fourth-order valence-corrected chi connectivity index (χ4v) is 4.72. The Balaban J connectivity index is 2.05. The van der Waals surface area contributed by atoms with Crippen LogP contribution in [0.2, 0.25) is 0 Å². The standard InChI is InChI=1S/C13H12F3IO4S/c14-13(15,16)22(18,19)21-10-2-1-9(17)11-8(10)3-4-12(11)5-6-20-7-12/h1-2H,3-7H2. The molecule has 2 aliphatic rings. The Morgan fingerprint density at radius 3 is 2.59 bits per heavy atom. The second-order valence-electron chi connectivity index (χ2n) is 5.47. The van der Waals surface area contributed by atoms with Crippen LogP contribution in [0.3, 0.4) is 0 Å². The van der Waals surface area contributed by atoms with Crippen LogP contribution < -0.4 is 4.18 Å². The molecule has 4 nitrogen and oxygen atoms in total. The molecule has 1 heterocycles. The van der Waals surface area contributed by atoms with Gasteiger partial charge in [-0.05, 0) is 59.5 Å². The fraction of sp³-hybridized carbons (Fsp3) is 0.538. The summed E-state index contributed by atoms with van der Waals surface area (Å²) >= 11 is 2.11. The minimum Gasteiger partial charge on any atom is -0.380 e. The van der Waals surface area contributed by atoms with Crippen molar-refractivity contribution < 1.29 is 30.5 Å². The third kappa shape index (κ3) is 2.50. The SMILES string of the molecule is O=S(=O)(Oc1ccc(I)c2c1CCC21CCOC1)C(F)(F)F. The number of benzene rings is 1. The number of halogens is 4. The van der Waals surface area contributed by atoms with Gasteiger partial charge in [-0.25, -0.2) is 0 Å². The van der Waals surface area contributed by atoms with Crippen molar-refractivity contribution in [1.82, 2.24) is 0 Å². The van der Waals surface area contributed by atoms with E-state index in [4.69, 9.17) is 4.74 Å². The van der Waals surface area contributed by atoms with Crippen molar-refractivity contribution in [2.45, 2.75) is 30.2 Å². The molecule has 0 aromatic heterocycles. The lowest BCUT2D eigenvalue weighted by atomic mass is 9.81. The third-order valence-corrected chi connectivity index (χ3v) is 6.05. The Morgan fingerprint density at radius 1 is 1.27 bits per heavy atom. The van der Waals surface area contributed by atoms with Gasteiger partial charge in [-0.2, -0.15) is 21.6 Å². The second kappa shape index (κ2) is 5.23. The van der Waals surface area contributed by atoms with E-state index in [2.05, 4.69) is 26.8 Å². The van der Waals surface area contributed by atoms with Crippen LogP contribution in [0, 0.1) is 3.57 Å². The molecule has 1 saturated heterocycles. The zero-order valence-electron chi connectivity index (χ0n) is 11.2. The quantitative estimate of drug-likeness (QED) is 0.397. The molecule has 1 unspecified atom stereocenters. The predicted octanol–water partition coefficient (Wildman–Crippen LogP) is 3.12. The van der Waals surface area contributed by atoms with Crippen LogP contribution in [-0.2, 0) is 26.7 Å². The van der Waals surface area contributed by atoms with Crippen molar-refractivity contribution in [3.8, 4) is 5.75 Å². The molecule has 0 N–H and O–H groups in total. The number of rotatable bonds is 2. The molecule has 0 amide bonds. The maximum atomic E-state index is 12.5. The van der Waals surface area contributed by atoms with E-state index < -0.39 is 15.6 Å². The molecule has 1 aliphatic heterocycles. The van der Waals surface area contributed by atoms with Crippen molar-refractivity contribution in [3.05, 3.63) is 26.8 Å². The number of fused-ring (bicyclic) bond motifs is 2. The molecule has 3 rings (SSSR count). The molecular formula is C13H12F3IO4S. The average molecular weight is 448 g/mol. The summed E-state index contributed by atoms with van der Waals surface area (Å²) in [4.78, 5) is 0. The fourth-order valence-electron chi connectivity index (χ4n) is 3.16. The lowest BCUT2D eigenvalue weighted by Crippen LogP contribution is -2.28. The van der Waals surface area contributed by atoms with Gasteiger partial charge in [-0.15, -0.1) is 0 Å². The molecule has 0 radical (unpaired) electrons. The number of ether oxygens (including phenoxy) is 1. The maximum Gasteiger partial charge on any atom is 0.534 e. The minimum atomic E-state index is -5.65. The Morgan fingerprint density at radius 2 is 2.00 bits per heavy atom. The number of hydrogen-bond acceptors (Lipinski definition) is 4. The molecule has 1 aromatic carbocycles. The van der Waals surface area contributed by atoms with Crippen LogP contribution in [0.5, 0.6) is 5.75 Å². The highest BCUT2D eigenvalue weighted by atomic mass is 127. The van der Waals surface area contributed by atoms with Gasteiger partial charge in [0.2, 0.25) is 0 Å². The highest BCUT2D eigenvalue weighted by Gasteiger charge is 2.50. The predicted molar refractivity (Wildman–Crippen MR) is 80.2 cm³/mol. The molecule has 9 heteroatoms. The lowest BCUT2D eigenvalue weighted by molar-refractivity contribution is -0.0500. The zero-order chi connectivity index (χ0) is 16.2. The maximum absolute atomic E-state index is 12.5. The van der Waals surface area contributed by atoms with Crippen molar-refractivity contribution in [1.29, 1.82) is 0 Å². The van der Waals surface area contributed by atoms with Gasteiger partial charge in [0.05, 0.1) is 6.61 Å². The molecule has 1 fully saturated rings. The molecule has 1 spiro atoms. The normalized spacial score (nSPS) is 24.7. The summed E-state index contributed by atoms with van der Waals surface area (Å²) in [6.45, 7) is 1.10. The number of alkyl halides is 3. The summed E-state index contributed by atoms with van der Waals surface area (Å²) in [6.07, 6.45) is 1.99. The summed E-state index contributed by atoms with van der Waals surface area (Å²) < 4.78 is 70.7. The zero-order valence-corrected chi connectivity index (χ0v) is 14.2. The van der Waals surface area contributed by atoms with Crippen molar-refractivity contribution in [2.24, 2.45) is 0 Å². The van der Waals surface area contributed by atoms with Gasteiger partial charge in [-0.3, -0.25) is 0 Å². The molecule has 1 aliphatic carbocycles. The lowest BCUT2D eigenvalue weighted by Gasteiger charge is -2.24. The van der Waals surface area contributed by atoms with E-state index >= 15 is 0 Å². The average Bonchev–Trinajstić information content (AvgIpc) is 3.01. The minimum absolute atomic E-state index is 0.225. The van der Waals surface area contributed by atoms with Crippen LogP contribution in [0.15, 0.2) is 12.1 Å². The molecule has 1 aromatic rings. The Bertz CT molecular complexity index is 709. The molecule has 0 bridgehead atoms. The van der Waals surface area contributed by atoms with Gasteiger partial charge in [-0.1, -0.05) is 0 Å². The highest BCUT2D eigenvalue weighted by Crippen LogP contribution is 2.49. The molecule has 122 valence electrons. The van der Waals surface area contributed by atoms with Crippen LogP contribution in [0.4, 0.5) is 13.2 Å². The van der Waals surface area contributed by atoms with E-state index in [0.717, 1.165) is 22.0 Å². The van der Waals surface area contributed by atoms with Gasteiger partial charge < -0.3 is 8.92 Å². The van der Waals surface area contributed by atoms with Crippen LogP contribution in [0.1, 0.15) is 24.0 Å². The molecule has 0 saturated carbocycles. The Hall–Kier alpha value is -0.550. The topological polar surface area (TPSA) is 52.6 Å². The van der Waals surface area contributed by atoms with E-state index in [-0.39, 0.29) is 11.2 Å². The van der Waals surface area contributed by atoms with Crippen molar-refractivity contribution in [3.63, 3.8) is 0 Å². The summed E-state index contributed by atoms with van der Waals surface area (Å²) in [5, 5.41) is 0. The highest BCUT2D eigenvalue weighted by molar-refractivity contribution is 14.1. The summed E-state index contributed by atoms with van der Waals surface area (Å²) in [6, 6.07) is 2.88. The van der Waals surface area contributed by atoms with Crippen molar-refractivity contribution in [2.75, 3.05) is 13.2 Å². The smallest absolute Gasteiger partial charge is 0.380 e.